The molecule has 1 saturated heterocycles. The summed E-state index contributed by atoms with van der Waals surface area (Å²) in [6.45, 7) is 3.82. The van der Waals surface area contributed by atoms with Crippen molar-refractivity contribution in [1.82, 2.24) is 5.43 Å². The Labute approximate surface area is 132 Å². The highest BCUT2D eigenvalue weighted by Crippen LogP contribution is 2.22. The molecule has 2 aromatic rings. The van der Waals surface area contributed by atoms with E-state index in [2.05, 4.69) is 22.5 Å². The first kappa shape index (κ1) is 14.2. The lowest BCUT2D eigenvalue weighted by atomic mass is 10.3. The molecule has 5 nitrogen and oxygen atoms in total. The zero-order chi connectivity index (χ0) is 15.5. The van der Waals surface area contributed by atoms with Gasteiger partial charge in [-0.15, -0.1) is 0 Å². The number of hydrazine groups is 1. The number of amides is 1. The number of hydrogen-bond donors (Lipinski definition) is 2. The number of nitrogens with zero attached hydrogens (tertiary/aromatic N) is 2. The van der Waals surface area contributed by atoms with Crippen LogP contribution >= 0.6 is 11.6 Å². The van der Waals surface area contributed by atoms with Crippen molar-refractivity contribution in [3.63, 3.8) is 0 Å². The maximum atomic E-state index is 12.4. The van der Waals surface area contributed by atoms with Gasteiger partial charge in [-0.25, -0.2) is 5.01 Å². The van der Waals surface area contributed by atoms with Gasteiger partial charge in [0.15, 0.2) is 5.71 Å². The second kappa shape index (κ2) is 5.91. The van der Waals surface area contributed by atoms with Crippen LogP contribution in [0.5, 0.6) is 0 Å². The Bertz CT molecular complexity index is 758. The van der Waals surface area contributed by atoms with Gasteiger partial charge in [-0.1, -0.05) is 48.5 Å². The molecule has 110 valence electrons. The number of halogens is 1. The van der Waals surface area contributed by atoms with Crippen LogP contribution < -0.4 is 15.9 Å². The SMILES string of the molecule is C=C1NN(c2ccccc2)C(=O)C1=NNc1ccccc1Cl. The standard InChI is InChI=1S/C16H13ClN4O/c1-11-15(19-18-14-10-6-5-9-13(14)17)16(22)21(20-11)12-7-3-2-4-8-12/h2-10,18,20H,1H2. The van der Waals surface area contributed by atoms with Gasteiger partial charge in [-0.3, -0.25) is 15.6 Å². The van der Waals surface area contributed by atoms with Gasteiger partial charge in [0.25, 0.3) is 5.91 Å². The molecule has 0 spiro atoms. The largest absolute Gasteiger partial charge is 0.299 e. The van der Waals surface area contributed by atoms with Crippen molar-refractivity contribution in [2.75, 3.05) is 10.4 Å². The van der Waals surface area contributed by atoms with Crippen molar-refractivity contribution in [3.8, 4) is 0 Å². The number of nitrogens with one attached hydrogen (secondary N) is 2. The second-order valence-electron chi connectivity index (χ2n) is 4.62. The van der Waals surface area contributed by atoms with Crippen LogP contribution in [0.3, 0.4) is 0 Å². The molecule has 0 unspecified atom stereocenters. The lowest BCUT2D eigenvalue weighted by Gasteiger charge is -2.14. The highest BCUT2D eigenvalue weighted by Gasteiger charge is 2.32. The quantitative estimate of drug-likeness (QED) is 0.856. The number of hydrazone groups is 1. The minimum absolute atomic E-state index is 0.212. The topological polar surface area (TPSA) is 56.7 Å². The molecule has 3 rings (SSSR count). The van der Waals surface area contributed by atoms with E-state index in [0.29, 0.717) is 16.4 Å². The first-order valence-corrected chi connectivity index (χ1v) is 6.98. The Morgan fingerprint density at radius 1 is 1.09 bits per heavy atom. The number of carbonyl (C=O) groups is 1. The highest BCUT2D eigenvalue weighted by atomic mass is 35.5. The van der Waals surface area contributed by atoms with Crippen molar-refractivity contribution in [2.45, 2.75) is 0 Å². The van der Waals surface area contributed by atoms with Gasteiger partial charge in [0.1, 0.15) is 0 Å². The molecule has 1 aliphatic rings. The third kappa shape index (κ3) is 2.66. The number of benzene rings is 2. The van der Waals surface area contributed by atoms with Crippen molar-refractivity contribution in [3.05, 3.63) is 71.9 Å². The van der Waals surface area contributed by atoms with E-state index in [4.69, 9.17) is 11.6 Å². The Kier molecular flexibility index (Phi) is 3.80. The predicted molar refractivity (Wildman–Crippen MR) is 88.7 cm³/mol. The molecule has 0 aromatic heterocycles. The summed E-state index contributed by atoms with van der Waals surface area (Å²) in [5.74, 6) is -0.282. The van der Waals surface area contributed by atoms with E-state index < -0.39 is 0 Å². The number of hydrogen-bond acceptors (Lipinski definition) is 4. The van der Waals surface area contributed by atoms with Gasteiger partial charge in [0, 0.05) is 0 Å². The minimum atomic E-state index is -0.282. The van der Waals surface area contributed by atoms with E-state index in [1.165, 1.54) is 5.01 Å². The van der Waals surface area contributed by atoms with E-state index in [1.54, 1.807) is 12.1 Å². The van der Waals surface area contributed by atoms with E-state index in [9.17, 15) is 4.79 Å². The van der Waals surface area contributed by atoms with Crippen molar-refractivity contribution >= 4 is 34.6 Å². The Morgan fingerprint density at radius 3 is 2.50 bits per heavy atom. The minimum Gasteiger partial charge on any atom is -0.289 e. The normalized spacial score (nSPS) is 16.0. The van der Waals surface area contributed by atoms with E-state index in [0.717, 1.165) is 5.69 Å². The summed E-state index contributed by atoms with van der Waals surface area (Å²) in [6, 6.07) is 16.4. The molecule has 2 aromatic carbocycles. The molecule has 0 atom stereocenters. The summed E-state index contributed by atoms with van der Waals surface area (Å²) >= 11 is 6.04. The van der Waals surface area contributed by atoms with Crippen LogP contribution in [0.1, 0.15) is 0 Å². The molecule has 2 N–H and O–H groups in total. The van der Waals surface area contributed by atoms with Crippen molar-refractivity contribution in [1.29, 1.82) is 0 Å². The molecule has 1 fully saturated rings. The van der Waals surface area contributed by atoms with Crippen LogP contribution in [0.25, 0.3) is 0 Å². The maximum Gasteiger partial charge on any atom is 0.299 e. The molecule has 1 heterocycles. The Balaban J connectivity index is 1.83. The zero-order valence-corrected chi connectivity index (χ0v) is 12.3. The number of carbonyl (C=O) groups excluding carboxylic acids is 1. The average Bonchev–Trinajstić information content (AvgIpc) is 2.82. The van der Waals surface area contributed by atoms with Gasteiger partial charge in [-0.2, -0.15) is 5.10 Å². The van der Waals surface area contributed by atoms with E-state index in [-0.39, 0.29) is 11.6 Å². The summed E-state index contributed by atoms with van der Waals surface area (Å²) in [4.78, 5) is 12.4. The van der Waals surface area contributed by atoms with Crippen LogP contribution in [0.4, 0.5) is 11.4 Å². The lowest BCUT2D eigenvalue weighted by Crippen LogP contribution is -2.34. The molecular weight excluding hydrogens is 300 g/mol. The molecule has 22 heavy (non-hydrogen) atoms. The third-order valence-corrected chi connectivity index (χ3v) is 3.44. The molecule has 0 saturated carbocycles. The molecule has 1 amide bonds. The summed E-state index contributed by atoms with van der Waals surface area (Å²) in [7, 11) is 0. The van der Waals surface area contributed by atoms with Crippen molar-refractivity contribution < 1.29 is 4.79 Å². The average molecular weight is 313 g/mol. The fourth-order valence-corrected chi connectivity index (χ4v) is 2.19. The fraction of sp³-hybridized carbons (Fsp3) is 0. The monoisotopic (exact) mass is 312 g/mol. The Hall–Kier alpha value is -2.79. The molecule has 0 aliphatic carbocycles. The smallest absolute Gasteiger partial charge is 0.289 e. The van der Waals surface area contributed by atoms with Gasteiger partial charge >= 0.3 is 0 Å². The summed E-state index contributed by atoms with van der Waals surface area (Å²) in [5.41, 5.74) is 7.68. The highest BCUT2D eigenvalue weighted by molar-refractivity contribution is 6.51. The van der Waals surface area contributed by atoms with Crippen LogP contribution in [0.2, 0.25) is 5.02 Å². The summed E-state index contributed by atoms with van der Waals surface area (Å²) in [5, 5.41) is 6.04. The first-order chi connectivity index (χ1) is 10.7. The molecule has 0 radical (unpaired) electrons. The molecule has 6 heteroatoms. The van der Waals surface area contributed by atoms with Crippen LogP contribution in [-0.2, 0) is 4.79 Å². The van der Waals surface area contributed by atoms with Gasteiger partial charge in [-0.05, 0) is 24.3 Å². The number of rotatable bonds is 3. The fourth-order valence-electron chi connectivity index (χ4n) is 2.02. The number of anilines is 2. The summed E-state index contributed by atoms with van der Waals surface area (Å²) in [6.07, 6.45) is 0. The van der Waals surface area contributed by atoms with Crippen LogP contribution in [-0.4, -0.2) is 11.6 Å². The molecular formula is C16H13ClN4O. The lowest BCUT2D eigenvalue weighted by molar-refractivity contribution is -0.112. The van der Waals surface area contributed by atoms with E-state index in [1.807, 2.05) is 42.5 Å². The molecule has 0 bridgehead atoms. The van der Waals surface area contributed by atoms with E-state index >= 15 is 0 Å². The zero-order valence-electron chi connectivity index (χ0n) is 11.6. The molecule has 1 aliphatic heterocycles. The van der Waals surface area contributed by atoms with Crippen LogP contribution in [0.15, 0.2) is 72.0 Å². The van der Waals surface area contributed by atoms with Gasteiger partial charge in [0.05, 0.1) is 22.1 Å². The summed E-state index contributed by atoms with van der Waals surface area (Å²) < 4.78 is 0. The van der Waals surface area contributed by atoms with Gasteiger partial charge < -0.3 is 0 Å². The number of para-hydroxylation sites is 2. The third-order valence-electron chi connectivity index (χ3n) is 3.11. The van der Waals surface area contributed by atoms with Gasteiger partial charge in [0.2, 0.25) is 0 Å². The predicted octanol–water partition coefficient (Wildman–Crippen LogP) is 3.17. The Morgan fingerprint density at radius 2 is 1.77 bits per heavy atom. The van der Waals surface area contributed by atoms with Crippen LogP contribution in [0, 0.1) is 0 Å². The second-order valence-corrected chi connectivity index (χ2v) is 5.03. The first-order valence-electron chi connectivity index (χ1n) is 6.60. The van der Waals surface area contributed by atoms with Crippen molar-refractivity contribution in [2.24, 2.45) is 5.10 Å². The maximum absolute atomic E-state index is 12.4.